The number of rotatable bonds is 1. The number of halogens is 1. The van der Waals surface area contributed by atoms with Crippen LogP contribution < -0.4 is 10.0 Å². The van der Waals surface area contributed by atoms with Crippen molar-refractivity contribution >= 4 is 34.0 Å². The number of benzene rings is 2. The van der Waals surface area contributed by atoms with E-state index in [1.165, 1.54) is 7.05 Å². The number of para-hydroxylation sites is 1. The van der Waals surface area contributed by atoms with Gasteiger partial charge in [0, 0.05) is 23.2 Å². The van der Waals surface area contributed by atoms with Crippen LogP contribution in [-0.2, 0) is 0 Å². The maximum absolute atomic E-state index is 10.3. The van der Waals surface area contributed by atoms with Crippen LogP contribution in [0.2, 0.25) is 5.02 Å². The molecule has 3 rings (SSSR count). The Kier molecular flexibility index (Phi) is 3.92. The summed E-state index contributed by atoms with van der Waals surface area (Å²) in [5, 5.41) is 12.8. The van der Waals surface area contributed by atoms with E-state index >= 15 is 0 Å². The van der Waals surface area contributed by atoms with E-state index in [1.807, 2.05) is 0 Å². The van der Waals surface area contributed by atoms with Gasteiger partial charge in [0.1, 0.15) is 4.90 Å². The normalized spacial score (nSPS) is 18.3. The molecular weight excluding hydrogens is 336 g/mol. The number of fused-ring (bicyclic) bond motifs is 1. The van der Waals surface area contributed by atoms with E-state index in [1.54, 1.807) is 36.4 Å². The maximum atomic E-state index is 10.3. The van der Waals surface area contributed by atoms with Crippen LogP contribution in [0, 0.1) is 11.3 Å². The minimum atomic E-state index is -3.22. The Labute approximate surface area is 139 Å². The molecule has 2 aromatic rings. The monoisotopic (exact) mass is 348 g/mol. The summed E-state index contributed by atoms with van der Waals surface area (Å²) in [6.45, 7) is 0. The highest BCUT2D eigenvalue weighted by atomic mass is 35.5. The van der Waals surface area contributed by atoms with Crippen LogP contribution in [0.1, 0.15) is 5.56 Å². The Morgan fingerprint density at radius 1 is 1.22 bits per heavy atom. The second-order valence-corrected chi connectivity index (χ2v) is 7.01. The van der Waals surface area contributed by atoms with Gasteiger partial charge in [-0.05, 0) is 24.3 Å². The van der Waals surface area contributed by atoms with E-state index in [0.717, 1.165) is 0 Å². The van der Waals surface area contributed by atoms with Crippen molar-refractivity contribution in [1.29, 1.82) is 5.26 Å². The summed E-state index contributed by atoms with van der Waals surface area (Å²) in [5.74, 6) is 0.241. The zero-order valence-corrected chi connectivity index (χ0v) is 13.6. The van der Waals surface area contributed by atoms with Crippen molar-refractivity contribution < 1.29 is 9.11 Å². The summed E-state index contributed by atoms with van der Waals surface area (Å²) in [6, 6.07) is 12.2. The van der Waals surface area contributed by atoms with Crippen LogP contribution in [0.3, 0.4) is 0 Å². The van der Waals surface area contributed by atoms with Gasteiger partial charge in [0.15, 0.2) is 0 Å². The third kappa shape index (κ3) is 2.73. The molecule has 0 saturated carbocycles. The standard InChI is InChI=1S/C15H13ClN4O2S/c1-18-15-19-14-11(3-2-4-13(14)23(21,22)20-15)12-7-10(16)6-5-9(12)8-17/h2-7,21-22H,1H3,(H2,18,19,20). The molecular formula is C15H13ClN4O2S. The van der Waals surface area contributed by atoms with Gasteiger partial charge in [-0.2, -0.15) is 5.26 Å². The molecule has 0 fully saturated rings. The molecule has 0 atom stereocenters. The van der Waals surface area contributed by atoms with E-state index in [4.69, 9.17) is 11.6 Å². The van der Waals surface area contributed by atoms with Crippen LogP contribution in [-0.4, -0.2) is 22.1 Å². The van der Waals surface area contributed by atoms with E-state index in [-0.39, 0.29) is 5.96 Å². The molecule has 0 radical (unpaired) electrons. The van der Waals surface area contributed by atoms with E-state index < -0.39 is 10.8 Å². The van der Waals surface area contributed by atoms with Crippen LogP contribution in [0.25, 0.3) is 11.1 Å². The summed E-state index contributed by atoms with van der Waals surface area (Å²) in [6.07, 6.45) is 0. The van der Waals surface area contributed by atoms with Crippen molar-refractivity contribution in [3.8, 4) is 17.2 Å². The SMILES string of the molecule is CN=C1Nc2c(-c3cc(Cl)ccc3C#N)cccc2S(O)(O)N1. The van der Waals surface area contributed by atoms with E-state index in [0.29, 0.717) is 32.3 Å². The average Bonchev–Trinajstić information content (AvgIpc) is 2.53. The predicted molar refractivity (Wildman–Crippen MR) is 92.8 cm³/mol. The molecule has 0 saturated heterocycles. The Balaban J connectivity index is 2.29. The minimum absolute atomic E-state index is 0.241. The summed E-state index contributed by atoms with van der Waals surface area (Å²) < 4.78 is 23.2. The van der Waals surface area contributed by atoms with Crippen molar-refractivity contribution in [1.82, 2.24) is 4.72 Å². The van der Waals surface area contributed by atoms with Crippen molar-refractivity contribution in [2.45, 2.75) is 4.90 Å². The largest absolute Gasteiger partial charge is 0.323 e. The van der Waals surface area contributed by atoms with Crippen molar-refractivity contribution in [2.24, 2.45) is 4.99 Å². The first-order valence-corrected chi connectivity index (χ1v) is 8.51. The van der Waals surface area contributed by atoms with Crippen LogP contribution in [0.4, 0.5) is 5.69 Å². The number of aliphatic imine (C=N–C) groups is 1. The molecule has 6 nitrogen and oxygen atoms in total. The molecule has 0 spiro atoms. The highest BCUT2D eigenvalue weighted by Crippen LogP contribution is 2.53. The summed E-state index contributed by atoms with van der Waals surface area (Å²) in [5.41, 5.74) is 2.18. The molecule has 0 aliphatic carbocycles. The van der Waals surface area contributed by atoms with Crippen molar-refractivity contribution in [3.63, 3.8) is 0 Å². The summed E-state index contributed by atoms with van der Waals surface area (Å²) >= 11 is 6.06. The molecule has 4 N–H and O–H groups in total. The average molecular weight is 349 g/mol. The minimum Gasteiger partial charge on any atom is -0.323 e. The van der Waals surface area contributed by atoms with Crippen molar-refractivity contribution in [3.05, 3.63) is 47.0 Å². The Morgan fingerprint density at radius 3 is 2.70 bits per heavy atom. The van der Waals surface area contributed by atoms with Gasteiger partial charge in [0.25, 0.3) is 0 Å². The second kappa shape index (κ2) is 5.76. The Hall–Kier alpha value is -2.24. The van der Waals surface area contributed by atoms with Gasteiger partial charge in [-0.15, -0.1) is 0 Å². The Morgan fingerprint density at radius 2 is 2.00 bits per heavy atom. The lowest BCUT2D eigenvalue weighted by Gasteiger charge is -2.40. The van der Waals surface area contributed by atoms with Crippen LogP contribution >= 0.6 is 22.4 Å². The summed E-state index contributed by atoms with van der Waals surface area (Å²) in [7, 11) is -1.70. The molecule has 1 aliphatic rings. The molecule has 23 heavy (non-hydrogen) atoms. The van der Waals surface area contributed by atoms with E-state index in [9.17, 15) is 14.4 Å². The first kappa shape index (κ1) is 15.6. The van der Waals surface area contributed by atoms with Gasteiger partial charge in [0.05, 0.1) is 17.3 Å². The number of nitrogens with one attached hydrogen (secondary N) is 2. The van der Waals surface area contributed by atoms with E-state index in [2.05, 4.69) is 21.1 Å². The molecule has 1 heterocycles. The molecule has 0 unspecified atom stereocenters. The number of nitriles is 1. The smallest absolute Gasteiger partial charge is 0.214 e. The molecule has 0 aromatic heterocycles. The number of nitrogens with zero attached hydrogens (tertiary/aromatic N) is 2. The molecule has 2 aromatic carbocycles. The lowest BCUT2D eigenvalue weighted by Crippen LogP contribution is -2.38. The lowest BCUT2D eigenvalue weighted by molar-refractivity contribution is 0.481. The molecule has 118 valence electrons. The van der Waals surface area contributed by atoms with Gasteiger partial charge in [-0.1, -0.05) is 34.5 Å². The fraction of sp³-hybridized carbons (Fsp3) is 0.0667. The fourth-order valence-corrected chi connectivity index (χ4v) is 3.80. The highest BCUT2D eigenvalue weighted by Gasteiger charge is 2.29. The third-order valence-electron chi connectivity index (χ3n) is 3.43. The van der Waals surface area contributed by atoms with Gasteiger partial charge in [-0.3, -0.25) is 14.1 Å². The number of hydrogen-bond donors (Lipinski definition) is 4. The highest BCUT2D eigenvalue weighted by molar-refractivity contribution is 8.23. The zero-order chi connectivity index (χ0) is 16.6. The molecule has 0 bridgehead atoms. The zero-order valence-electron chi connectivity index (χ0n) is 12.0. The first-order chi connectivity index (χ1) is 11.0. The second-order valence-electron chi connectivity index (χ2n) is 4.83. The number of hydrogen-bond acceptors (Lipinski definition) is 4. The van der Waals surface area contributed by atoms with Gasteiger partial charge in [0.2, 0.25) is 5.96 Å². The van der Waals surface area contributed by atoms with Crippen molar-refractivity contribution in [2.75, 3.05) is 12.4 Å². The molecule has 1 aliphatic heterocycles. The third-order valence-corrected chi connectivity index (χ3v) is 5.10. The van der Waals surface area contributed by atoms with Gasteiger partial charge < -0.3 is 5.32 Å². The van der Waals surface area contributed by atoms with Gasteiger partial charge in [-0.25, -0.2) is 4.72 Å². The van der Waals surface area contributed by atoms with Crippen LogP contribution in [0.5, 0.6) is 0 Å². The Bertz CT molecular complexity index is 861. The fourth-order valence-electron chi connectivity index (χ4n) is 2.39. The molecule has 8 heteroatoms. The van der Waals surface area contributed by atoms with Gasteiger partial charge >= 0.3 is 0 Å². The van der Waals surface area contributed by atoms with Crippen LogP contribution in [0.15, 0.2) is 46.3 Å². The molecule has 0 amide bonds. The first-order valence-electron chi connectivity index (χ1n) is 6.59. The predicted octanol–water partition coefficient (Wildman–Crippen LogP) is 3.90. The topological polar surface area (TPSA) is 101 Å². The quantitative estimate of drug-likeness (QED) is 0.626. The lowest BCUT2D eigenvalue weighted by atomic mass is 9.98. The summed E-state index contributed by atoms with van der Waals surface area (Å²) in [4.78, 5) is 4.25. The number of guanidine groups is 1. The maximum Gasteiger partial charge on any atom is 0.214 e. The number of anilines is 1.